The maximum atomic E-state index is 5.86. The molecule has 106 valence electrons. The molecule has 0 saturated carbocycles. The van der Waals surface area contributed by atoms with Crippen molar-refractivity contribution in [1.82, 2.24) is 9.97 Å². The highest BCUT2D eigenvalue weighted by atomic mass is 35.5. The largest absolute Gasteiger partial charge is 0.384 e. The summed E-state index contributed by atoms with van der Waals surface area (Å²) in [7, 11) is 0. The van der Waals surface area contributed by atoms with Crippen LogP contribution >= 0.6 is 11.6 Å². The van der Waals surface area contributed by atoms with E-state index in [1.54, 1.807) is 6.07 Å². The smallest absolute Gasteiger partial charge is 0.135 e. The average molecular weight is 291 g/mol. The molecule has 0 spiro atoms. The molecular weight excluding hydrogens is 272 g/mol. The van der Waals surface area contributed by atoms with E-state index >= 15 is 0 Å². The molecule has 0 aliphatic heterocycles. The molecule has 0 bridgehead atoms. The van der Waals surface area contributed by atoms with Crippen molar-refractivity contribution in [2.24, 2.45) is 0 Å². The Kier molecular flexibility index (Phi) is 4.79. The fourth-order valence-corrected chi connectivity index (χ4v) is 1.95. The van der Waals surface area contributed by atoms with Crippen LogP contribution in [0.25, 0.3) is 0 Å². The van der Waals surface area contributed by atoms with Crippen molar-refractivity contribution in [2.75, 3.05) is 17.6 Å². The van der Waals surface area contributed by atoms with Gasteiger partial charge in [0.05, 0.1) is 0 Å². The predicted molar refractivity (Wildman–Crippen MR) is 84.2 cm³/mol. The van der Waals surface area contributed by atoms with Gasteiger partial charge in [0, 0.05) is 23.6 Å². The van der Waals surface area contributed by atoms with E-state index in [2.05, 4.69) is 15.3 Å². The number of nitrogens with two attached hydrogens (primary N) is 1. The number of halogens is 1. The summed E-state index contributed by atoms with van der Waals surface area (Å²) in [6.07, 6.45) is 0.901. The van der Waals surface area contributed by atoms with E-state index in [0.717, 1.165) is 29.6 Å². The molecule has 1 aromatic carbocycles. The third-order valence-corrected chi connectivity index (χ3v) is 3.16. The third kappa shape index (κ3) is 4.10. The van der Waals surface area contributed by atoms with Crippen molar-refractivity contribution < 1.29 is 0 Å². The minimum atomic E-state index is 0.260. The molecule has 0 fully saturated rings. The zero-order valence-electron chi connectivity index (χ0n) is 11.7. The fraction of sp³-hybridized carbons (Fsp3) is 0.333. The normalized spacial score (nSPS) is 10.8. The van der Waals surface area contributed by atoms with Gasteiger partial charge in [-0.3, -0.25) is 0 Å². The second kappa shape index (κ2) is 6.57. The summed E-state index contributed by atoms with van der Waals surface area (Å²) in [5.41, 5.74) is 7.02. The van der Waals surface area contributed by atoms with Gasteiger partial charge in [0.15, 0.2) is 0 Å². The molecule has 20 heavy (non-hydrogen) atoms. The van der Waals surface area contributed by atoms with Crippen LogP contribution in [0.4, 0.5) is 11.6 Å². The van der Waals surface area contributed by atoms with Gasteiger partial charge in [-0.15, -0.1) is 0 Å². The highest BCUT2D eigenvalue weighted by molar-refractivity contribution is 6.30. The number of nitrogens with one attached hydrogen (secondary N) is 1. The first-order valence-electron chi connectivity index (χ1n) is 6.67. The van der Waals surface area contributed by atoms with Crippen LogP contribution in [0.1, 0.15) is 31.2 Å². The standard InChI is InChI=1S/C15H19ClN4/c1-10(2)15-19-13(17)9-14(20-15)18-8-7-11-3-5-12(16)6-4-11/h3-6,9-10H,7-8H2,1-2H3,(H3,17,18,19,20). The van der Waals surface area contributed by atoms with Gasteiger partial charge in [0.2, 0.25) is 0 Å². The lowest BCUT2D eigenvalue weighted by atomic mass is 10.1. The molecule has 2 aromatic rings. The molecule has 0 unspecified atom stereocenters. The third-order valence-electron chi connectivity index (χ3n) is 2.91. The van der Waals surface area contributed by atoms with Gasteiger partial charge >= 0.3 is 0 Å². The van der Waals surface area contributed by atoms with Crippen LogP contribution in [-0.4, -0.2) is 16.5 Å². The average Bonchev–Trinajstić information content (AvgIpc) is 2.40. The van der Waals surface area contributed by atoms with Gasteiger partial charge in [0.25, 0.3) is 0 Å². The highest BCUT2D eigenvalue weighted by Crippen LogP contribution is 2.15. The fourth-order valence-electron chi connectivity index (χ4n) is 1.82. The first kappa shape index (κ1) is 14.6. The Labute approximate surface area is 124 Å². The molecule has 0 radical (unpaired) electrons. The number of benzene rings is 1. The topological polar surface area (TPSA) is 63.8 Å². The molecule has 2 rings (SSSR count). The van der Waals surface area contributed by atoms with E-state index in [4.69, 9.17) is 17.3 Å². The molecule has 0 amide bonds. The zero-order chi connectivity index (χ0) is 14.5. The molecule has 1 aromatic heterocycles. The quantitative estimate of drug-likeness (QED) is 0.885. The van der Waals surface area contributed by atoms with Crippen molar-refractivity contribution >= 4 is 23.2 Å². The van der Waals surface area contributed by atoms with Gasteiger partial charge in [-0.05, 0) is 24.1 Å². The van der Waals surface area contributed by atoms with Crippen molar-refractivity contribution in [1.29, 1.82) is 0 Å². The molecule has 0 aliphatic rings. The lowest BCUT2D eigenvalue weighted by Crippen LogP contribution is -2.10. The Hall–Kier alpha value is -1.81. The predicted octanol–water partition coefficient (Wildman–Crippen LogP) is 3.49. The van der Waals surface area contributed by atoms with Crippen LogP contribution in [0.5, 0.6) is 0 Å². The summed E-state index contributed by atoms with van der Waals surface area (Å²) in [5, 5.41) is 4.04. The Morgan fingerprint density at radius 1 is 1.20 bits per heavy atom. The van der Waals surface area contributed by atoms with Crippen LogP contribution < -0.4 is 11.1 Å². The molecule has 0 aliphatic carbocycles. The lowest BCUT2D eigenvalue weighted by Gasteiger charge is -2.10. The summed E-state index contributed by atoms with van der Waals surface area (Å²) in [6, 6.07) is 9.61. The molecular formula is C15H19ClN4. The highest BCUT2D eigenvalue weighted by Gasteiger charge is 2.06. The molecule has 4 nitrogen and oxygen atoms in total. The number of anilines is 2. The molecule has 3 N–H and O–H groups in total. The molecule has 5 heteroatoms. The van der Waals surface area contributed by atoms with E-state index < -0.39 is 0 Å². The number of rotatable bonds is 5. The first-order chi connectivity index (χ1) is 9.54. The summed E-state index contributed by atoms with van der Waals surface area (Å²) >= 11 is 5.86. The Morgan fingerprint density at radius 3 is 2.55 bits per heavy atom. The minimum Gasteiger partial charge on any atom is -0.384 e. The van der Waals surface area contributed by atoms with Gasteiger partial charge in [-0.1, -0.05) is 37.6 Å². The van der Waals surface area contributed by atoms with Gasteiger partial charge in [0.1, 0.15) is 17.5 Å². The summed E-state index contributed by atoms with van der Waals surface area (Å²) in [6.45, 7) is 4.88. The zero-order valence-corrected chi connectivity index (χ0v) is 12.5. The van der Waals surface area contributed by atoms with E-state index in [0.29, 0.717) is 5.82 Å². The summed E-state index contributed by atoms with van der Waals surface area (Å²) in [5.74, 6) is 2.29. The lowest BCUT2D eigenvalue weighted by molar-refractivity contribution is 0.776. The van der Waals surface area contributed by atoms with Crippen LogP contribution in [-0.2, 0) is 6.42 Å². The monoisotopic (exact) mass is 290 g/mol. The van der Waals surface area contributed by atoms with E-state index in [1.165, 1.54) is 5.56 Å². The van der Waals surface area contributed by atoms with Crippen molar-refractivity contribution in [3.05, 3.63) is 46.7 Å². The number of hydrogen-bond acceptors (Lipinski definition) is 4. The van der Waals surface area contributed by atoms with Gasteiger partial charge in [-0.2, -0.15) is 0 Å². The maximum Gasteiger partial charge on any atom is 0.135 e. The number of hydrogen-bond donors (Lipinski definition) is 2. The second-order valence-electron chi connectivity index (χ2n) is 4.99. The number of nitrogens with zero attached hydrogens (tertiary/aromatic N) is 2. The molecule has 0 saturated heterocycles. The van der Waals surface area contributed by atoms with Crippen LogP contribution in [0, 0.1) is 0 Å². The Bertz CT molecular complexity index is 567. The van der Waals surface area contributed by atoms with E-state index in [1.807, 2.05) is 38.1 Å². The first-order valence-corrected chi connectivity index (χ1v) is 7.05. The number of aromatic nitrogens is 2. The maximum absolute atomic E-state index is 5.86. The van der Waals surface area contributed by atoms with Crippen LogP contribution in [0.2, 0.25) is 5.02 Å². The minimum absolute atomic E-state index is 0.260. The van der Waals surface area contributed by atoms with Crippen molar-refractivity contribution in [3.63, 3.8) is 0 Å². The van der Waals surface area contributed by atoms with Crippen molar-refractivity contribution in [3.8, 4) is 0 Å². The Balaban J connectivity index is 1.95. The van der Waals surface area contributed by atoms with E-state index in [9.17, 15) is 0 Å². The second-order valence-corrected chi connectivity index (χ2v) is 5.43. The van der Waals surface area contributed by atoms with Crippen LogP contribution in [0.15, 0.2) is 30.3 Å². The molecule has 1 heterocycles. The summed E-state index contributed by atoms with van der Waals surface area (Å²) < 4.78 is 0. The number of nitrogen functional groups attached to an aromatic ring is 1. The summed E-state index contributed by atoms with van der Waals surface area (Å²) in [4.78, 5) is 8.68. The van der Waals surface area contributed by atoms with Crippen molar-refractivity contribution in [2.45, 2.75) is 26.2 Å². The van der Waals surface area contributed by atoms with Crippen LogP contribution in [0.3, 0.4) is 0 Å². The van der Waals surface area contributed by atoms with E-state index in [-0.39, 0.29) is 5.92 Å². The Morgan fingerprint density at radius 2 is 1.90 bits per heavy atom. The molecule has 0 atom stereocenters. The SMILES string of the molecule is CC(C)c1nc(N)cc(NCCc2ccc(Cl)cc2)n1. The van der Waals surface area contributed by atoms with Gasteiger partial charge < -0.3 is 11.1 Å². The van der Waals surface area contributed by atoms with Gasteiger partial charge in [-0.25, -0.2) is 9.97 Å².